The highest BCUT2D eigenvalue weighted by Crippen LogP contribution is 2.45. The van der Waals surface area contributed by atoms with E-state index in [0.29, 0.717) is 32.1 Å². The van der Waals surface area contributed by atoms with Gasteiger partial charge in [-0.2, -0.15) is 0 Å². The van der Waals surface area contributed by atoms with E-state index < -0.39 is 97.5 Å². The van der Waals surface area contributed by atoms with Crippen molar-refractivity contribution in [3.05, 3.63) is 146 Å². The van der Waals surface area contributed by atoms with Gasteiger partial charge in [-0.3, -0.25) is 37.3 Å². The molecule has 0 heterocycles. The third kappa shape index (κ3) is 77.1. The summed E-state index contributed by atoms with van der Waals surface area (Å²) in [5.41, 5.74) is 0. The first-order valence-electron chi connectivity index (χ1n) is 41.1. The molecule has 0 radical (unpaired) electrons. The Hall–Kier alpha value is -5.06. The van der Waals surface area contributed by atoms with Crippen molar-refractivity contribution in [1.82, 2.24) is 0 Å². The van der Waals surface area contributed by atoms with Gasteiger partial charge in [0.05, 0.1) is 26.4 Å². The molecule has 5 unspecified atom stereocenters. The van der Waals surface area contributed by atoms with Crippen molar-refractivity contribution in [1.29, 1.82) is 0 Å². The molecule has 0 aromatic carbocycles. The number of hydrogen-bond acceptors (Lipinski definition) is 15. The summed E-state index contributed by atoms with van der Waals surface area (Å²) in [5, 5.41) is 10.7. The van der Waals surface area contributed by atoms with Crippen molar-refractivity contribution >= 4 is 39.5 Å². The fourth-order valence-corrected chi connectivity index (χ4v) is 12.1. The van der Waals surface area contributed by atoms with E-state index in [1.165, 1.54) is 57.8 Å². The zero-order valence-corrected chi connectivity index (χ0v) is 68.1. The number of hydrogen-bond donors (Lipinski definition) is 3. The average molecular weight is 1530 g/mol. The van der Waals surface area contributed by atoms with Gasteiger partial charge in [0.25, 0.3) is 0 Å². The van der Waals surface area contributed by atoms with Crippen molar-refractivity contribution in [3.63, 3.8) is 0 Å². The first-order chi connectivity index (χ1) is 51.7. The van der Waals surface area contributed by atoms with Gasteiger partial charge < -0.3 is 33.8 Å². The molecule has 0 saturated heterocycles. The average Bonchev–Trinajstić information content (AvgIpc) is 0.907. The predicted molar refractivity (Wildman–Crippen MR) is 436 cm³/mol. The second kappa shape index (κ2) is 78.1. The minimum absolute atomic E-state index is 0.00929. The first-order valence-corrected chi connectivity index (χ1v) is 44.1. The topological polar surface area (TPSA) is 237 Å². The summed E-state index contributed by atoms with van der Waals surface area (Å²) in [6.45, 7) is 4.52. The molecule has 0 aliphatic heterocycles. The lowest BCUT2D eigenvalue weighted by atomic mass is 10.1. The van der Waals surface area contributed by atoms with Crippen LogP contribution >= 0.6 is 15.6 Å². The fourth-order valence-electron chi connectivity index (χ4n) is 10.6. The molecule has 0 saturated carbocycles. The van der Waals surface area contributed by atoms with E-state index in [9.17, 15) is 43.2 Å². The highest BCUT2D eigenvalue weighted by molar-refractivity contribution is 7.47. The Bertz CT molecular complexity index is 2580. The second-order valence-corrected chi connectivity index (χ2v) is 29.8. The first kappa shape index (κ1) is 101. The Labute approximate surface area is 643 Å². The van der Waals surface area contributed by atoms with Crippen LogP contribution < -0.4 is 0 Å². The van der Waals surface area contributed by atoms with Crippen LogP contribution in [0.4, 0.5) is 0 Å². The van der Waals surface area contributed by atoms with E-state index in [-0.39, 0.29) is 25.7 Å². The van der Waals surface area contributed by atoms with Crippen LogP contribution in [0, 0.1) is 0 Å². The van der Waals surface area contributed by atoms with Gasteiger partial charge in [-0.1, -0.05) is 283 Å². The Balaban J connectivity index is 5.45. The zero-order valence-electron chi connectivity index (χ0n) is 66.3. The number of carbonyl (C=O) groups is 4. The second-order valence-electron chi connectivity index (χ2n) is 26.9. The molecule has 5 atom stereocenters. The van der Waals surface area contributed by atoms with Crippen LogP contribution in [0.1, 0.15) is 323 Å². The van der Waals surface area contributed by atoms with Gasteiger partial charge in [-0.05, 0) is 161 Å². The fraction of sp³-hybridized carbons (Fsp3) is 0.678. The van der Waals surface area contributed by atoms with Gasteiger partial charge >= 0.3 is 39.5 Å². The van der Waals surface area contributed by atoms with Crippen LogP contribution in [-0.4, -0.2) is 96.7 Å². The van der Waals surface area contributed by atoms with Crippen LogP contribution in [0.2, 0.25) is 0 Å². The summed E-state index contributed by atoms with van der Waals surface area (Å²) < 4.78 is 68.6. The minimum atomic E-state index is -5.00. The summed E-state index contributed by atoms with van der Waals surface area (Å²) >= 11 is 0. The van der Waals surface area contributed by atoms with E-state index in [1.807, 2.05) is 12.2 Å². The maximum absolute atomic E-state index is 13.1. The number of ether oxygens (including phenoxy) is 4. The SMILES string of the molecule is CC/C=C\C/C=C\C/C=C\C/C=C\C/C=C\CCCC(=O)OC(COC(=O)CCCCCCCC/C=C\C/C=C\C/C=C\CCCCC)COP(=O)(O)OCC(O)COP(=O)(O)OCC(COC(=O)CCCCCCC/C=C\C/C=C\C/C=C\CC)OC(=O)CCCCCCC/C=C\CCCCCCCC. The number of rotatable bonds is 76. The Kier molecular flexibility index (Phi) is 74.3. The third-order valence-corrected chi connectivity index (χ3v) is 18.7. The maximum atomic E-state index is 13.1. The summed E-state index contributed by atoms with van der Waals surface area (Å²) in [7, 11) is -10.00. The van der Waals surface area contributed by atoms with Gasteiger partial charge in [-0.15, -0.1) is 0 Å². The van der Waals surface area contributed by atoms with Crippen LogP contribution in [0.15, 0.2) is 146 Å². The third-order valence-electron chi connectivity index (χ3n) is 16.8. The van der Waals surface area contributed by atoms with E-state index >= 15 is 0 Å². The Morgan fingerprint density at radius 2 is 0.500 bits per heavy atom. The smallest absolute Gasteiger partial charge is 0.462 e. The molecule has 0 rings (SSSR count). The molecule has 0 spiro atoms. The van der Waals surface area contributed by atoms with Gasteiger partial charge in [0.2, 0.25) is 0 Å². The van der Waals surface area contributed by atoms with E-state index in [2.05, 4.69) is 161 Å². The highest BCUT2D eigenvalue weighted by Gasteiger charge is 2.30. The van der Waals surface area contributed by atoms with E-state index in [0.717, 1.165) is 180 Å². The largest absolute Gasteiger partial charge is 0.472 e. The van der Waals surface area contributed by atoms with Crippen molar-refractivity contribution in [2.75, 3.05) is 39.6 Å². The maximum Gasteiger partial charge on any atom is 0.472 e. The molecular formula is C87H146O17P2. The molecule has 3 N–H and O–H groups in total. The van der Waals surface area contributed by atoms with E-state index in [1.54, 1.807) is 0 Å². The molecule has 0 amide bonds. The lowest BCUT2D eigenvalue weighted by Gasteiger charge is -2.21. The zero-order chi connectivity index (χ0) is 77.4. The van der Waals surface area contributed by atoms with Crippen molar-refractivity contribution in [2.24, 2.45) is 0 Å². The number of aliphatic hydroxyl groups excluding tert-OH is 1. The summed E-state index contributed by atoms with van der Waals surface area (Å²) in [6.07, 6.45) is 89.7. The number of carbonyl (C=O) groups excluding carboxylic acids is 4. The van der Waals surface area contributed by atoms with Gasteiger partial charge in [-0.25, -0.2) is 9.13 Å². The van der Waals surface area contributed by atoms with Gasteiger partial charge in [0.15, 0.2) is 12.2 Å². The molecule has 0 bridgehead atoms. The van der Waals surface area contributed by atoms with Gasteiger partial charge in [0.1, 0.15) is 19.3 Å². The van der Waals surface area contributed by atoms with Crippen LogP contribution in [-0.2, 0) is 65.4 Å². The molecule has 17 nitrogen and oxygen atoms in total. The van der Waals surface area contributed by atoms with Crippen molar-refractivity contribution in [2.45, 2.75) is 341 Å². The molecule has 0 aromatic heterocycles. The van der Waals surface area contributed by atoms with Crippen LogP contribution in [0.25, 0.3) is 0 Å². The molecule has 0 aromatic rings. The monoisotopic (exact) mass is 1530 g/mol. The summed E-state index contributed by atoms with van der Waals surface area (Å²) in [5.74, 6) is -2.28. The summed E-state index contributed by atoms with van der Waals surface area (Å²) in [6, 6.07) is 0. The van der Waals surface area contributed by atoms with Gasteiger partial charge in [0, 0.05) is 25.7 Å². The quantitative estimate of drug-likeness (QED) is 0.0169. The normalized spacial score (nSPS) is 14.6. The molecule has 19 heteroatoms. The highest BCUT2D eigenvalue weighted by atomic mass is 31.2. The minimum Gasteiger partial charge on any atom is -0.462 e. The molecular weight excluding hydrogens is 1380 g/mol. The molecule has 0 aliphatic rings. The molecule has 606 valence electrons. The van der Waals surface area contributed by atoms with Crippen molar-refractivity contribution < 1.29 is 80.2 Å². The lowest BCUT2D eigenvalue weighted by Crippen LogP contribution is -2.30. The number of esters is 4. The summed E-state index contributed by atoms with van der Waals surface area (Å²) in [4.78, 5) is 73.1. The van der Waals surface area contributed by atoms with Crippen LogP contribution in [0.3, 0.4) is 0 Å². The number of aliphatic hydroxyl groups is 1. The molecule has 0 aliphatic carbocycles. The number of allylic oxidation sites excluding steroid dienone is 24. The Morgan fingerprint density at radius 3 is 0.821 bits per heavy atom. The Morgan fingerprint density at radius 1 is 0.274 bits per heavy atom. The molecule has 0 fully saturated rings. The van der Waals surface area contributed by atoms with Crippen LogP contribution in [0.5, 0.6) is 0 Å². The molecule has 106 heavy (non-hydrogen) atoms. The van der Waals surface area contributed by atoms with E-state index in [4.69, 9.17) is 37.0 Å². The van der Waals surface area contributed by atoms with Crippen molar-refractivity contribution in [3.8, 4) is 0 Å². The predicted octanol–water partition coefficient (Wildman–Crippen LogP) is 24.2. The number of unbranched alkanes of at least 4 members (excludes halogenated alkanes) is 26. The number of phosphoric ester groups is 2. The number of phosphoric acid groups is 2. The lowest BCUT2D eigenvalue weighted by molar-refractivity contribution is -0.161. The standard InChI is InChI=1S/C87H146O17P2/c1-5-9-13-17-21-25-29-33-37-39-40-42-45-48-52-56-60-64-68-72-85(90)98-78-83(104-87(92)74-70-66-62-58-54-50-46-41-38-34-30-26-22-18-14-10-6-2)80-102-106(95,96)100-76-81(88)75-99-105(93,94)101-79-82(103-86(91)73-69-65-61-57-53-49-44-36-32-28-24-20-16-12-8-4)77-97-84(89)71-67-63-59-55-51-47-43-35-31-27-23-19-15-11-7-3/h10-11,14-15,21-23,25-27,33-38,40,42-44,46,50,58,62,81-83,88H,5-9,12-13,16-20,24,28-32,39,41,45,47-49,51-57,59-61,63-80H2,1-4H3,(H,93,94)(H,95,96)/b14-10-,15-11-,25-21-,26-22-,27-23-,37-33-,38-34-,42-40-,43-35-,44-36-,50-46-,62-58-.